The summed E-state index contributed by atoms with van der Waals surface area (Å²) < 4.78 is 0. The first-order chi connectivity index (χ1) is 14.5. The summed E-state index contributed by atoms with van der Waals surface area (Å²) in [5, 5.41) is 0. The van der Waals surface area contributed by atoms with E-state index in [2.05, 4.69) is 47.9 Å². The Morgan fingerprint density at radius 1 is 1.07 bits per heavy atom. The van der Waals surface area contributed by atoms with E-state index in [1.54, 1.807) is 5.56 Å². The second-order valence-electron chi connectivity index (χ2n) is 10.0. The third-order valence-corrected chi connectivity index (χ3v) is 7.65. The molecule has 0 bridgehead atoms. The molecule has 2 N–H and O–H groups in total. The average Bonchev–Trinajstić information content (AvgIpc) is 3.15. The number of nitrogens with zero attached hydrogens (tertiary/aromatic N) is 2. The Morgan fingerprint density at radius 3 is 2.43 bits per heavy atom. The molecule has 0 unspecified atom stereocenters. The van der Waals surface area contributed by atoms with Gasteiger partial charge in [-0.2, -0.15) is 0 Å². The second kappa shape index (κ2) is 7.42. The van der Waals surface area contributed by atoms with Crippen LogP contribution in [0.5, 0.6) is 0 Å². The lowest BCUT2D eigenvalue weighted by Crippen LogP contribution is -2.66. The normalized spacial score (nSPS) is 23.6. The Bertz CT molecular complexity index is 922. The number of carbonyl (C=O) groups excluding carboxylic acids is 1. The van der Waals surface area contributed by atoms with Gasteiger partial charge in [-0.1, -0.05) is 38.1 Å². The standard InChI is InChI=1S/C26H33N3O/c1-18(2)22-6-3-4-7-23(22)24-8-5-13-29(24)21-14-26(15-21)16-28(17-26)20-11-9-19(10-12-20)25(27)30/h3-4,6-7,9-12,18,21,24H,5,8,13-17H2,1-2H3,(H2,27,30)/t24-/m0/s1. The number of rotatable bonds is 5. The van der Waals surface area contributed by atoms with Crippen LogP contribution in [0, 0.1) is 5.41 Å². The van der Waals surface area contributed by atoms with E-state index in [-0.39, 0.29) is 5.91 Å². The molecule has 4 nitrogen and oxygen atoms in total. The first kappa shape index (κ1) is 19.6. The highest BCUT2D eigenvalue weighted by atomic mass is 16.1. The lowest BCUT2D eigenvalue weighted by atomic mass is 9.60. The largest absolute Gasteiger partial charge is 0.370 e. The molecule has 0 radical (unpaired) electrons. The Hall–Kier alpha value is -2.33. The van der Waals surface area contributed by atoms with Crippen molar-refractivity contribution in [3.63, 3.8) is 0 Å². The van der Waals surface area contributed by atoms with Gasteiger partial charge in [0.2, 0.25) is 5.91 Å². The maximum atomic E-state index is 11.3. The molecule has 2 heterocycles. The third-order valence-electron chi connectivity index (χ3n) is 7.65. The number of amides is 1. The van der Waals surface area contributed by atoms with Crippen molar-refractivity contribution in [2.75, 3.05) is 24.5 Å². The minimum atomic E-state index is -0.359. The van der Waals surface area contributed by atoms with E-state index in [0.29, 0.717) is 22.9 Å². The number of benzene rings is 2. The number of primary amides is 1. The van der Waals surface area contributed by atoms with Crippen LogP contribution in [-0.2, 0) is 0 Å². The van der Waals surface area contributed by atoms with Crippen LogP contribution in [0.1, 0.15) is 73.0 Å². The van der Waals surface area contributed by atoms with Crippen molar-refractivity contribution in [2.45, 2.75) is 57.5 Å². The van der Waals surface area contributed by atoms with E-state index in [9.17, 15) is 4.79 Å². The zero-order valence-electron chi connectivity index (χ0n) is 18.2. The zero-order chi connectivity index (χ0) is 20.9. The molecule has 1 amide bonds. The smallest absolute Gasteiger partial charge is 0.248 e. The van der Waals surface area contributed by atoms with Crippen LogP contribution >= 0.6 is 0 Å². The minimum Gasteiger partial charge on any atom is -0.370 e. The highest BCUT2D eigenvalue weighted by Crippen LogP contribution is 2.54. The summed E-state index contributed by atoms with van der Waals surface area (Å²) in [7, 11) is 0. The van der Waals surface area contributed by atoms with Crippen molar-refractivity contribution in [3.8, 4) is 0 Å². The van der Waals surface area contributed by atoms with Crippen LogP contribution in [0.3, 0.4) is 0 Å². The van der Waals surface area contributed by atoms with Gasteiger partial charge in [0, 0.05) is 41.8 Å². The summed E-state index contributed by atoms with van der Waals surface area (Å²) in [6.07, 6.45) is 5.26. The molecule has 2 aliphatic heterocycles. The topological polar surface area (TPSA) is 49.6 Å². The van der Waals surface area contributed by atoms with Crippen molar-refractivity contribution < 1.29 is 4.79 Å². The maximum absolute atomic E-state index is 11.3. The molecule has 1 aliphatic carbocycles. The van der Waals surface area contributed by atoms with Crippen LogP contribution in [0.25, 0.3) is 0 Å². The first-order valence-electron chi connectivity index (χ1n) is 11.5. The minimum absolute atomic E-state index is 0.359. The molecule has 3 fully saturated rings. The third kappa shape index (κ3) is 3.31. The van der Waals surface area contributed by atoms with E-state index in [4.69, 9.17) is 5.73 Å². The fourth-order valence-corrected chi connectivity index (χ4v) is 6.12. The number of hydrogen-bond acceptors (Lipinski definition) is 3. The van der Waals surface area contributed by atoms with Gasteiger partial charge in [0.05, 0.1) is 0 Å². The van der Waals surface area contributed by atoms with Crippen LogP contribution in [0.15, 0.2) is 48.5 Å². The molecular weight excluding hydrogens is 370 g/mol. The molecular formula is C26H33N3O. The molecule has 158 valence electrons. The molecule has 1 saturated carbocycles. The van der Waals surface area contributed by atoms with E-state index >= 15 is 0 Å². The van der Waals surface area contributed by atoms with Crippen LogP contribution in [0.4, 0.5) is 5.69 Å². The molecule has 2 saturated heterocycles. The molecule has 2 aromatic carbocycles. The SMILES string of the molecule is CC(C)c1ccccc1[C@@H]1CCCN1C1CC2(C1)CN(c1ccc(C(N)=O)cc1)C2. The summed E-state index contributed by atoms with van der Waals surface area (Å²) in [5.74, 6) is 0.222. The molecule has 5 rings (SSSR count). The fourth-order valence-electron chi connectivity index (χ4n) is 6.12. The van der Waals surface area contributed by atoms with E-state index < -0.39 is 0 Å². The van der Waals surface area contributed by atoms with Gasteiger partial charge in [-0.15, -0.1) is 0 Å². The lowest BCUT2D eigenvalue weighted by molar-refractivity contribution is -0.0257. The molecule has 30 heavy (non-hydrogen) atoms. The molecule has 2 aromatic rings. The van der Waals surface area contributed by atoms with E-state index in [0.717, 1.165) is 19.1 Å². The summed E-state index contributed by atoms with van der Waals surface area (Å²) in [6, 6.07) is 18.2. The quantitative estimate of drug-likeness (QED) is 0.786. The summed E-state index contributed by atoms with van der Waals surface area (Å²) in [5.41, 5.74) is 10.7. The van der Waals surface area contributed by atoms with Crippen molar-refractivity contribution in [2.24, 2.45) is 11.1 Å². The Balaban J connectivity index is 1.22. The number of likely N-dealkylation sites (tertiary alicyclic amines) is 1. The first-order valence-corrected chi connectivity index (χ1v) is 11.5. The van der Waals surface area contributed by atoms with Gasteiger partial charge in [0.15, 0.2) is 0 Å². The Labute approximate surface area is 180 Å². The number of anilines is 1. The van der Waals surface area contributed by atoms with Crippen molar-refractivity contribution in [1.82, 2.24) is 4.90 Å². The van der Waals surface area contributed by atoms with E-state index in [1.807, 2.05) is 24.3 Å². The fraction of sp³-hybridized carbons (Fsp3) is 0.500. The average molecular weight is 404 g/mol. The maximum Gasteiger partial charge on any atom is 0.248 e. The Kier molecular flexibility index (Phi) is 4.85. The van der Waals surface area contributed by atoms with Gasteiger partial charge in [0.25, 0.3) is 0 Å². The van der Waals surface area contributed by atoms with Crippen LogP contribution in [-0.4, -0.2) is 36.5 Å². The summed E-state index contributed by atoms with van der Waals surface area (Å²) in [6.45, 7) is 8.15. The Morgan fingerprint density at radius 2 is 1.77 bits per heavy atom. The highest BCUT2D eigenvalue weighted by molar-refractivity contribution is 5.93. The van der Waals surface area contributed by atoms with Crippen molar-refractivity contribution in [3.05, 3.63) is 65.2 Å². The monoisotopic (exact) mass is 403 g/mol. The van der Waals surface area contributed by atoms with Gasteiger partial charge in [-0.25, -0.2) is 0 Å². The second-order valence-corrected chi connectivity index (χ2v) is 10.0. The molecule has 1 atom stereocenters. The van der Waals surface area contributed by atoms with Gasteiger partial charge in [0.1, 0.15) is 0 Å². The number of carbonyl (C=O) groups is 1. The highest BCUT2D eigenvalue weighted by Gasteiger charge is 2.55. The molecule has 3 aliphatic rings. The van der Waals surface area contributed by atoms with Crippen molar-refractivity contribution in [1.29, 1.82) is 0 Å². The van der Waals surface area contributed by atoms with Crippen LogP contribution < -0.4 is 10.6 Å². The summed E-state index contributed by atoms with van der Waals surface area (Å²) in [4.78, 5) is 16.5. The van der Waals surface area contributed by atoms with Gasteiger partial charge < -0.3 is 10.6 Å². The predicted octanol–water partition coefficient (Wildman–Crippen LogP) is 4.71. The number of nitrogens with two attached hydrogens (primary N) is 1. The number of hydrogen-bond donors (Lipinski definition) is 1. The van der Waals surface area contributed by atoms with Crippen LogP contribution in [0.2, 0.25) is 0 Å². The molecule has 1 spiro atoms. The predicted molar refractivity (Wildman–Crippen MR) is 122 cm³/mol. The van der Waals surface area contributed by atoms with Crippen molar-refractivity contribution >= 4 is 11.6 Å². The van der Waals surface area contributed by atoms with Gasteiger partial charge in [-0.3, -0.25) is 9.69 Å². The van der Waals surface area contributed by atoms with Gasteiger partial charge >= 0.3 is 0 Å². The molecule has 0 aromatic heterocycles. The summed E-state index contributed by atoms with van der Waals surface area (Å²) >= 11 is 0. The zero-order valence-corrected chi connectivity index (χ0v) is 18.2. The lowest BCUT2D eigenvalue weighted by Gasteiger charge is -2.62. The van der Waals surface area contributed by atoms with E-state index in [1.165, 1.54) is 43.5 Å². The molecule has 4 heteroatoms. The van der Waals surface area contributed by atoms with Gasteiger partial charge in [-0.05, 0) is 73.5 Å².